The van der Waals surface area contributed by atoms with Crippen molar-refractivity contribution >= 4 is 27.3 Å². The Morgan fingerprint density at radius 2 is 1.92 bits per heavy atom. The molecule has 0 spiro atoms. The zero-order valence-electron chi connectivity index (χ0n) is 22.2. The number of benzene rings is 2. The summed E-state index contributed by atoms with van der Waals surface area (Å²) in [7, 11) is -3.20. The number of fused-ring (bicyclic) bond motifs is 2. The fourth-order valence-electron chi connectivity index (χ4n) is 5.00. The average Bonchev–Trinajstić information content (AvgIpc) is 2.88. The van der Waals surface area contributed by atoms with E-state index in [1.54, 1.807) is 6.07 Å². The summed E-state index contributed by atoms with van der Waals surface area (Å²) < 4.78 is 60.5. The van der Waals surface area contributed by atoms with Crippen molar-refractivity contribution < 1.29 is 21.9 Å². The Bertz CT molecular complexity index is 1480. The SMILES string of the molecule is CC(C)N1CCOc2c(F)cc(-c3nc(Nc4ccc5c(c4)CCN(CCNS(C)(=O)=O)C5)ncc3F)cc21. The predicted molar refractivity (Wildman–Crippen MR) is 147 cm³/mol. The van der Waals surface area contributed by atoms with Crippen molar-refractivity contribution in [1.82, 2.24) is 19.6 Å². The van der Waals surface area contributed by atoms with Gasteiger partial charge in [0.2, 0.25) is 16.0 Å². The summed E-state index contributed by atoms with van der Waals surface area (Å²) in [5.41, 5.74) is 3.97. The third-order valence-corrected chi connectivity index (χ3v) is 7.63. The van der Waals surface area contributed by atoms with E-state index in [9.17, 15) is 17.2 Å². The predicted octanol–water partition coefficient (Wildman–Crippen LogP) is 3.68. The second-order valence-corrected chi connectivity index (χ2v) is 12.0. The van der Waals surface area contributed by atoms with Gasteiger partial charge in [-0.15, -0.1) is 0 Å². The quantitative estimate of drug-likeness (QED) is 0.432. The number of sulfonamides is 1. The minimum Gasteiger partial charge on any atom is -0.486 e. The van der Waals surface area contributed by atoms with Crippen molar-refractivity contribution in [2.24, 2.45) is 0 Å². The van der Waals surface area contributed by atoms with Crippen LogP contribution in [-0.2, 0) is 23.0 Å². The molecule has 39 heavy (non-hydrogen) atoms. The molecule has 0 atom stereocenters. The normalized spacial score (nSPS) is 15.6. The van der Waals surface area contributed by atoms with Crippen LogP contribution in [0.1, 0.15) is 25.0 Å². The Labute approximate surface area is 227 Å². The molecule has 0 fully saturated rings. The molecule has 2 aromatic carbocycles. The number of rotatable bonds is 8. The molecule has 2 aliphatic heterocycles. The lowest BCUT2D eigenvalue weighted by atomic mass is 9.99. The average molecular weight is 559 g/mol. The smallest absolute Gasteiger partial charge is 0.227 e. The van der Waals surface area contributed by atoms with Gasteiger partial charge in [-0.3, -0.25) is 4.90 Å². The Balaban J connectivity index is 1.33. The van der Waals surface area contributed by atoms with Gasteiger partial charge in [-0.25, -0.2) is 31.9 Å². The van der Waals surface area contributed by atoms with Crippen LogP contribution in [0.2, 0.25) is 0 Å². The largest absolute Gasteiger partial charge is 0.486 e. The summed E-state index contributed by atoms with van der Waals surface area (Å²) in [6, 6.07) is 9.01. The van der Waals surface area contributed by atoms with Crippen LogP contribution in [-0.4, -0.2) is 68.4 Å². The van der Waals surface area contributed by atoms with Gasteiger partial charge in [0.1, 0.15) is 12.3 Å². The number of anilines is 3. The lowest BCUT2D eigenvalue weighted by Gasteiger charge is -2.34. The maximum Gasteiger partial charge on any atom is 0.227 e. The van der Waals surface area contributed by atoms with Crippen molar-refractivity contribution in [2.45, 2.75) is 32.9 Å². The fourth-order valence-corrected chi connectivity index (χ4v) is 5.46. The van der Waals surface area contributed by atoms with Crippen LogP contribution in [0.4, 0.5) is 26.1 Å². The van der Waals surface area contributed by atoms with Crippen LogP contribution in [0.25, 0.3) is 11.3 Å². The summed E-state index contributed by atoms with van der Waals surface area (Å²) in [6.45, 7) is 7.55. The van der Waals surface area contributed by atoms with Crippen LogP contribution < -0.4 is 19.7 Å². The number of hydrogen-bond donors (Lipinski definition) is 2. The minimum atomic E-state index is -3.20. The van der Waals surface area contributed by atoms with E-state index in [1.165, 1.54) is 11.6 Å². The molecule has 5 rings (SSSR count). The number of aromatic nitrogens is 2. The molecule has 0 amide bonds. The fraction of sp³-hybridized carbons (Fsp3) is 0.407. The molecule has 3 aromatic rings. The van der Waals surface area contributed by atoms with Crippen molar-refractivity contribution in [3.63, 3.8) is 0 Å². The molecule has 2 aliphatic rings. The molecule has 0 unspecified atom stereocenters. The minimum absolute atomic E-state index is 0.000200. The molecule has 9 nitrogen and oxygen atoms in total. The molecule has 12 heteroatoms. The highest BCUT2D eigenvalue weighted by Gasteiger charge is 2.26. The highest BCUT2D eigenvalue weighted by molar-refractivity contribution is 7.88. The van der Waals surface area contributed by atoms with Gasteiger partial charge in [0.25, 0.3) is 0 Å². The Kier molecular flexibility index (Phi) is 7.70. The number of nitrogens with zero attached hydrogens (tertiary/aromatic N) is 4. The van der Waals surface area contributed by atoms with E-state index in [0.717, 1.165) is 43.2 Å². The molecule has 0 aliphatic carbocycles. The molecule has 0 bridgehead atoms. The molecule has 0 radical (unpaired) electrons. The summed E-state index contributed by atoms with van der Waals surface area (Å²) in [6.07, 6.45) is 3.04. The highest BCUT2D eigenvalue weighted by Crippen LogP contribution is 2.39. The van der Waals surface area contributed by atoms with E-state index in [-0.39, 0.29) is 23.4 Å². The standard InChI is InChI=1S/C27H32F2N6O3S/c1-17(2)35-10-11-38-26-22(28)13-20(14-24(26)35)25-23(29)15-30-27(33-25)32-21-5-4-19-16-34(8-6-18(19)12-21)9-7-31-39(3,36)37/h4-5,12-15,17,31H,6-11,16H2,1-3H3,(H,30,32,33). The van der Waals surface area contributed by atoms with E-state index in [2.05, 4.69) is 24.9 Å². The zero-order valence-corrected chi connectivity index (χ0v) is 23.0. The second-order valence-electron chi connectivity index (χ2n) is 10.1. The summed E-state index contributed by atoms with van der Waals surface area (Å²) in [5, 5.41) is 3.15. The monoisotopic (exact) mass is 558 g/mol. The van der Waals surface area contributed by atoms with E-state index in [1.807, 2.05) is 36.9 Å². The molecule has 0 saturated heterocycles. The van der Waals surface area contributed by atoms with E-state index in [4.69, 9.17) is 4.74 Å². The van der Waals surface area contributed by atoms with Gasteiger partial charge in [0.05, 0.1) is 24.7 Å². The third-order valence-electron chi connectivity index (χ3n) is 6.90. The van der Waals surface area contributed by atoms with Crippen LogP contribution in [0.15, 0.2) is 36.5 Å². The van der Waals surface area contributed by atoms with Gasteiger partial charge >= 0.3 is 0 Å². The molecule has 3 heterocycles. The van der Waals surface area contributed by atoms with Crippen LogP contribution in [0.3, 0.4) is 0 Å². The van der Waals surface area contributed by atoms with Crippen molar-refractivity contribution in [1.29, 1.82) is 0 Å². The Morgan fingerprint density at radius 1 is 1.10 bits per heavy atom. The topological polar surface area (TPSA) is 99.7 Å². The van der Waals surface area contributed by atoms with Gasteiger partial charge in [0.15, 0.2) is 17.4 Å². The summed E-state index contributed by atoms with van der Waals surface area (Å²) >= 11 is 0. The van der Waals surface area contributed by atoms with Crippen LogP contribution in [0.5, 0.6) is 5.75 Å². The number of hydrogen-bond acceptors (Lipinski definition) is 8. The molecule has 2 N–H and O–H groups in total. The first kappa shape index (κ1) is 27.2. The van der Waals surface area contributed by atoms with Crippen molar-refractivity contribution in [3.05, 3.63) is 59.3 Å². The second kappa shape index (κ2) is 11.0. The molecule has 208 valence electrons. The van der Waals surface area contributed by atoms with E-state index < -0.39 is 21.7 Å². The first-order valence-corrected chi connectivity index (χ1v) is 14.8. The zero-order chi connectivity index (χ0) is 27.7. The van der Waals surface area contributed by atoms with Gasteiger partial charge in [-0.05, 0) is 55.7 Å². The third kappa shape index (κ3) is 6.29. The molecule has 0 saturated carbocycles. The van der Waals surface area contributed by atoms with Gasteiger partial charge in [-0.1, -0.05) is 6.07 Å². The van der Waals surface area contributed by atoms with E-state index >= 15 is 0 Å². The van der Waals surface area contributed by atoms with Crippen LogP contribution >= 0.6 is 0 Å². The van der Waals surface area contributed by atoms with Crippen molar-refractivity contribution in [2.75, 3.05) is 49.3 Å². The Hall–Kier alpha value is -3.35. The van der Waals surface area contributed by atoms with Gasteiger partial charge in [0, 0.05) is 43.5 Å². The maximum atomic E-state index is 15.0. The number of ether oxygens (including phenoxy) is 1. The van der Waals surface area contributed by atoms with Crippen LogP contribution in [0, 0.1) is 11.6 Å². The molecular weight excluding hydrogens is 526 g/mol. The van der Waals surface area contributed by atoms with E-state index in [0.29, 0.717) is 37.5 Å². The van der Waals surface area contributed by atoms with Gasteiger partial charge < -0.3 is 15.0 Å². The first-order valence-electron chi connectivity index (χ1n) is 12.9. The summed E-state index contributed by atoms with van der Waals surface area (Å²) in [5.74, 6) is -0.837. The lowest BCUT2D eigenvalue weighted by molar-refractivity contribution is 0.259. The highest BCUT2D eigenvalue weighted by atomic mass is 32.2. The first-order chi connectivity index (χ1) is 18.6. The molecular formula is C27H32F2N6O3S. The Morgan fingerprint density at radius 3 is 2.69 bits per heavy atom. The molecule has 1 aromatic heterocycles. The maximum absolute atomic E-state index is 15.0. The number of halogens is 2. The van der Waals surface area contributed by atoms with Gasteiger partial charge in [-0.2, -0.15) is 0 Å². The lowest BCUT2D eigenvalue weighted by Crippen LogP contribution is -2.38. The summed E-state index contributed by atoms with van der Waals surface area (Å²) in [4.78, 5) is 12.7. The number of nitrogens with one attached hydrogen (secondary N) is 2. The van der Waals surface area contributed by atoms with Crippen molar-refractivity contribution in [3.8, 4) is 17.0 Å².